The van der Waals surface area contributed by atoms with E-state index in [1.807, 2.05) is 39.0 Å². The van der Waals surface area contributed by atoms with Crippen molar-refractivity contribution in [3.8, 4) is 11.4 Å². The summed E-state index contributed by atoms with van der Waals surface area (Å²) in [6.07, 6.45) is 1.70. The average Bonchev–Trinajstić information content (AvgIpc) is 2.38. The van der Waals surface area contributed by atoms with Gasteiger partial charge < -0.3 is 5.73 Å². The second-order valence-corrected chi connectivity index (χ2v) is 5.00. The molecular formula is C14H18N4O. The van der Waals surface area contributed by atoms with E-state index in [9.17, 15) is 4.79 Å². The molecule has 0 bridgehead atoms. The van der Waals surface area contributed by atoms with E-state index in [4.69, 9.17) is 5.73 Å². The molecule has 5 nitrogen and oxygen atoms in total. The van der Waals surface area contributed by atoms with Crippen LogP contribution in [0.2, 0.25) is 0 Å². The van der Waals surface area contributed by atoms with E-state index in [0.717, 1.165) is 5.69 Å². The fraction of sp³-hybridized carbons (Fsp3) is 0.357. The Morgan fingerprint density at radius 1 is 1.32 bits per heavy atom. The van der Waals surface area contributed by atoms with Crippen LogP contribution in [0.4, 0.5) is 0 Å². The summed E-state index contributed by atoms with van der Waals surface area (Å²) < 4.78 is 1.42. The summed E-state index contributed by atoms with van der Waals surface area (Å²) in [7, 11) is 0. The van der Waals surface area contributed by atoms with Gasteiger partial charge in [0.25, 0.3) is 5.56 Å². The summed E-state index contributed by atoms with van der Waals surface area (Å²) in [5.41, 5.74) is 7.16. The molecule has 0 radical (unpaired) electrons. The van der Waals surface area contributed by atoms with Gasteiger partial charge in [0.05, 0.1) is 5.69 Å². The molecule has 0 aliphatic carbocycles. The zero-order valence-electron chi connectivity index (χ0n) is 11.4. The van der Waals surface area contributed by atoms with Gasteiger partial charge in [0.2, 0.25) is 0 Å². The predicted octanol–water partition coefficient (Wildman–Crippen LogP) is 1.52. The van der Waals surface area contributed by atoms with Gasteiger partial charge in [-0.15, -0.1) is 0 Å². The Labute approximate surface area is 112 Å². The van der Waals surface area contributed by atoms with Crippen molar-refractivity contribution < 1.29 is 0 Å². The lowest BCUT2D eigenvalue weighted by Crippen LogP contribution is -2.39. The molecule has 0 fully saturated rings. The molecule has 0 unspecified atom stereocenters. The van der Waals surface area contributed by atoms with Crippen molar-refractivity contribution in [2.75, 3.05) is 0 Å². The molecule has 0 aliphatic rings. The molecule has 2 aromatic heterocycles. The number of hydrogen-bond acceptors (Lipinski definition) is 4. The topological polar surface area (TPSA) is 73.8 Å². The van der Waals surface area contributed by atoms with Crippen LogP contribution in [0.25, 0.3) is 11.4 Å². The highest BCUT2D eigenvalue weighted by Crippen LogP contribution is 2.18. The number of nitrogens with two attached hydrogens (primary N) is 1. The van der Waals surface area contributed by atoms with Crippen LogP contribution in [0.3, 0.4) is 0 Å². The zero-order chi connectivity index (χ0) is 14.0. The summed E-state index contributed by atoms with van der Waals surface area (Å²) in [6, 6.07) is 7.32. The zero-order valence-corrected chi connectivity index (χ0v) is 11.4. The first-order valence-corrected chi connectivity index (χ1v) is 6.26. The minimum Gasteiger partial charge on any atom is -0.322 e. The fourth-order valence-electron chi connectivity index (χ4n) is 1.86. The largest absolute Gasteiger partial charge is 0.322 e. The molecule has 0 aliphatic heterocycles. The standard InChI is InChI=1S/C14H18N4O/c1-4-18-13(19)10(14(2,3)15)9-12(17-18)11-7-5-6-8-16-11/h5-9H,4,15H2,1-3H3. The van der Waals surface area contributed by atoms with E-state index >= 15 is 0 Å². The van der Waals surface area contributed by atoms with Gasteiger partial charge >= 0.3 is 0 Å². The molecule has 5 heteroatoms. The molecule has 0 saturated carbocycles. The van der Waals surface area contributed by atoms with Crippen molar-refractivity contribution in [2.45, 2.75) is 32.9 Å². The Bertz CT molecular complexity index is 626. The van der Waals surface area contributed by atoms with Gasteiger partial charge in [-0.3, -0.25) is 9.78 Å². The van der Waals surface area contributed by atoms with Gasteiger partial charge in [0, 0.05) is 23.8 Å². The lowest BCUT2D eigenvalue weighted by molar-refractivity contribution is 0.519. The average molecular weight is 258 g/mol. The molecule has 19 heavy (non-hydrogen) atoms. The number of rotatable bonds is 3. The van der Waals surface area contributed by atoms with Crippen molar-refractivity contribution >= 4 is 0 Å². The maximum Gasteiger partial charge on any atom is 0.271 e. The number of hydrogen-bond donors (Lipinski definition) is 1. The first-order chi connectivity index (χ1) is 8.93. The normalized spacial score (nSPS) is 11.6. The van der Waals surface area contributed by atoms with E-state index < -0.39 is 5.54 Å². The Balaban J connectivity index is 2.68. The third-order valence-electron chi connectivity index (χ3n) is 2.90. The van der Waals surface area contributed by atoms with Crippen molar-refractivity contribution in [3.63, 3.8) is 0 Å². The van der Waals surface area contributed by atoms with E-state index in [1.54, 1.807) is 12.3 Å². The monoisotopic (exact) mass is 258 g/mol. The Morgan fingerprint density at radius 3 is 2.58 bits per heavy atom. The van der Waals surface area contributed by atoms with Crippen LogP contribution >= 0.6 is 0 Å². The molecule has 0 aromatic carbocycles. The molecule has 2 rings (SSSR count). The van der Waals surface area contributed by atoms with Gasteiger partial charge in [0.15, 0.2) is 0 Å². The molecule has 100 valence electrons. The Kier molecular flexibility index (Phi) is 3.48. The minimum absolute atomic E-state index is 0.144. The lowest BCUT2D eigenvalue weighted by Gasteiger charge is -2.20. The lowest BCUT2D eigenvalue weighted by atomic mass is 9.96. The maximum absolute atomic E-state index is 12.2. The van der Waals surface area contributed by atoms with Crippen LogP contribution < -0.4 is 11.3 Å². The first kappa shape index (κ1) is 13.4. The third-order valence-corrected chi connectivity index (χ3v) is 2.90. The Morgan fingerprint density at radius 2 is 2.05 bits per heavy atom. The quantitative estimate of drug-likeness (QED) is 0.905. The van der Waals surface area contributed by atoms with Gasteiger partial charge in [0.1, 0.15) is 5.69 Å². The second kappa shape index (κ2) is 4.93. The molecule has 0 atom stereocenters. The van der Waals surface area contributed by atoms with Crippen molar-refractivity contribution in [3.05, 3.63) is 46.4 Å². The number of nitrogens with zero attached hydrogens (tertiary/aromatic N) is 3. The molecule has 2 N–H and O–H groups in total. The third kappa shape index (κ3) is 2.71. The molecule has 2 aromatic rings. The molecule has 2 heterocycles. The molecular weight excluding hydrogens is 240 g/mol. The fourth-order valence-corrected chi connectivity index (χ4v) is 1.86. The molecule has 0 amide bonds. The van der Waals surface area contributed by atoms with E-state index in [2.05, 4.69) is 10.1 Å². The van der Waals surface area contributed by atoms with Gasteiger partial charge in [-0.1, -0.05) is 6.07 Å². The predicted molar refractivity (Wildman–Crippen MR) is 74.6 cm³/mol. The van der Waals surface area contributed by atoms with Crippen LogP contribution in [0.5, 0.6) is 0 Å². The summed E-state index contributed by atoms with van der Waals surface area (Å²) in [4.78, 5) is 16.5. The van der Waals surface area contributed by atoms with E-state index in [1.165, 1.54) is 4.68 Å². The number of pyridine rings is 1. The van der Waals surface area contributed by atoms with Gasteiger partial charge in [-0.05, 0) is 39.0 Å². The van der Waals surface area contributed by atoms with Crippen molar-refractivity contribution in [1.29, 1.82) is 0 Å². The maximum atomic E-state index is 12.2. The summed E-state index contributed by atoms with van der Waals surface area (Å²) in [6.45, 7) is 6.00. The van der Waals surface area contributed by atoms with Crippen LogP contribution in [0, 0.1) is 0 Å². The first-order valence-electron chi connectivity index (χ1n) is 6.26. The molecule has 0 saturated heterocycles. The second-order valence-electron chi connectivity index (χ2n) is 5.00. The van der Waals surface area contributed by atoms with Crippen LogP contribution in [-0.2, 0) is 12.1 Å². The minimum atomic E-state index is -0.708. The highest BCUT2D eigenvalue weighted by molar-refractivity contribution is 5.54. The van der Waals surface area contributed by atoms with Crippen LogP contribution in [-0.4, -0.2) is 14.8 Å². The highest BCUT2D eigenvalue weighted by Gasteiger charge is 2.21. The summed E-state index contributed by atoms with van der Waals surface area (Å²) in [5, 5.41) is 4.32. The van der Waals surface area contributed by atoms with E-state index in [-0.39, 0.29) is 5.56 Å². The highest BCUT2D eigenvalue weighted by atomic mass is 16.1. The Hall–Kier alpha value is -2.01. The molecule has 0 spiro atoms. The number of aryl methyl sites for hydroxylation is 1. The van der Waals surface area contributed by atoms with Crippen molar-refractivity contribution in [1.82, 2.24) is 14.8 Å². The van der Waals surface area contributed by atoms with Crippen LogP contribution in [0.1, 0.15) is 26.3 Å². The van der Waals surface area contributed by atoms with Gasteiger partial charge in [-0.25, -0.2) is 4.68 Å². The smallest absolute Gasteiger partial charge is 0.271 e. The van der Waals surface area contributed by atoms with Crippen LogP contribution in [0.15, 0.2) is 35.3 Å². The van der Waals surface area contributed by atoms with Gasteiger partial charge in [-0.2, -0.15) is 5.10 Å². The summed E-state index contributed by atoms with van der Waals surface area (Å²) in [5.74, 6) is 0. The van der Waals surface area contributed by atoms with E-state index in [0.29, 0.717) is 17.8 Å². The SMILES string of the molecule is CCn1nc(-c2ccccn2)cc(C(C)(C)N)c1=O. The van der Waals surface area contributed by atoms with Crippen molar-refractivity contribution in [2.24, 2.45) is 5.73 Å². The number of aromatic nitrogens is 3. The summed E-state index contributed by atoms with van der Waals surface area (Å²) >= 11 is 0.